The predicted octanol–water partition coefficient (Wildman–Crippen LogP) is 1.94. The van der Waals surface area contributed by atoms with E-state index in [4.69, 9.17) is 10.5 Å². The molecule has 0 bridgehead atoms. The molecule has 9 heteroatoms. The van der Waals surface area contributed by atoms with Gasteiger partial charge in [0.15, 0.2) is 0 Å². The van der Waals surface area contributed by atoms with Crippen molar-refractivity contribution in [3.8, 4) is 0 Å². The molecule has 36 heavy (non-hydrogen) atoms. The fourth-order valence-corrected chi connectivity index (χ4v) is 5.80. The number of rotatable bonds is 10. The maximum Gasteiger partial charge on any atom is 0.264 e. The summed E-state index contributed by atoms with van der Waals surface area (Å²) in [5, 5.41) is 4.84. The zero-order valence-electron chi connectivity index (χ0n) is 21.2. The third-order valence-corrected chi connectivity index (χ3v) is 8.13. The molecule has 2 atom stereocenters. The van der Waals surface area contributed by atoms with Crippen LogP contribution in [-0.2, 0) is 16.1 Å². The summed E-state index contributed by atoms with van der Waals surface area (Å²) in [6.07, 6.45) is 1.45. The van der Waals surface area contributed by atoms with Gasteiger partial charge >= 0.3 is 0 Å². The minimum Gasteiger partial charge on any atom is -0.379 e. The highest BCUT2D eigenvalue weighted by atomic mass is 32.1. The van der Waals surface area contributed by atoms with E-state index in [0.29, 0.717) is 30.9 Å². The molecule has 2 aliphatic heterocycles. The smallest absolute Gasteiger partial charge is 0.264 e. The molecule has 2 fully saturated rings. The van der Waals surface area contributed by atoms with Crippen molar-refractivity contribution in [1.29, 1.82) is 0 Å². The molecular weight excluding hydrogens is 474 g/mol. The normalized spacial score (nSPS) is 21.0. The van der Waals surface area contributed by atoms with E-state index in [-0.39, 0.29) is 17.9 Å². The highest BCUT2D eigenvalue weighted by Gasteiger charge is 2.38. The number of nitrogens with two attached hydrogens (primary N) is 1. The maximum absolute atomic E-state index is 13.3. The second-order valence-corrected chi connectivity index (χ2v) is 10.5. The van der Waals surface area contributed by atoms with Crippen LogP contribution in [0.3, 0.4) is 0 Å². The van der Waals surface area contributed by atoms with E-state index in [0.717, 1.165) is 52.4 Å². The van der Waals surface area contributed by atoms with Crippen LogP contribution in [0.4, 0.5) is 0 Å². The fourth-order valence-electron chi connectivity index (χ4n) is 5.12. The Morgan fingerprint density at radius 3 is 2.69 bits per heavy atom. The van der Waals surface area contributed by atoms with Crippen LogP contribution in [0.5, 0.6) is 0 Å². The van der Waals surface area contributed by atoms with Crippen molar-refractivity contribution < 1.29 is 14.3 Å². The molecule has 2 aliphatic rings. The van der Waals surface area contributed by atoms with Gasteiger partial charge in [-0.3, -0.25) is 19.4 Å². The van der Waals surface area contributed by atoms with E-state index in [1.54, 1.807) is 4.90 Å². The number of carbonyl (C=O) groups excluding carboxylic acids is 2. The molecular formula is C27H39N5O3S. The summed E-state index contributed by atoms with van der Waals surface area (Å²) < 4.78 is 5.53. The molecule has 3 N–H and O–H groups in total. The molecule has 4 rings (SSSR count). The number of aryl methyl sites for hydroxylation is 1. The number of likely N-dealkylation sites (tertiary alicyclic amines) is 1. The average Bonchev–Trinajstić information content (AvgIpc) is 3.46. The number of carbonyl (C=O) groups is 2. The highest BCUT2D eigenvalue weighted by Crippen LogP contribution is 2.27. The highest BCUT2D eigenvalue weighted by molar-refractivity contribution is 7.12. The van der Waals surface area contributed by atoms with Crippen LogP contribution < -0.4 is 11.1 Å². The van der Waals surface area contributed by atoms with E-state index in [1.165, 1.54) is 22.5 Å². The summed E-state index contributed by atoms with van der Waals surface area (Å²) in [7, 11) is 0. The van der Waals surface area contributed by atoms with E-state index >= 15 is 0 Å². The van der Waals surface area contributed by atoms with Gasteiger partial charge in [0, 0.05) is 58.4 Å². The second kappa shape index (κ2) is 13.3. The largest absolute Gasteiger partial charge is 0.379 e. The molecule has 0 radical (unpaired) electrons. The number of morpholine rings is 1. The van der Waals surface area contributed by atoms with Crippen molar-refractivity contribution in [2.24, 2.45) is 5.73 Å². The van der Waals surface area contributed by atoms with Crippen LogP contribution in [0, 0.1) is 6.92 Å². The summed E-state index contributed by atoms with van der Waals surface area (Å²) in [5.41, 5.74) is 8.23. The van der Waals surface area contributed by atoms with Crippen molar-refractivity contribution in [3.05, 3.63) is 57.8 Å². The standard InChI is InChI=1S/C27H39N5O3S/c1-21-5-2-3-6-22(21)20-31(13-12-30-14-16-35-17-15-30)23-8-11-32(27(34)25-7-4-18-36-25)24(19-23)26(33)29-10-9-28/h2-7,18,23-24H,8-17,19-20,28H2,1H3,(H,29,33)/t23?,24-/m1/s1. The van der Waals surface area contributed by atoms with Gasteiger partial charge in [0.25, 0.3) is 5.91 Å². The van der Waals surface area contributed by atoms with Crippen LogP contribution in [0.25, 0.3) is 0 Å². The van der Waals surface area contributed by atoms with E-state index in [9.17, 15) is 9.59 Å². The predicted molar refractivity (Wildman–Crippen MR) is 143 cm³/mol. The number of benzene rings is 1. The summed E-state index contributed by atoms with van der Waals surface area (Å²) >= 11 is 1.42. The van der Waals surface area contributed by atoms with Gasteiger partial charge in [-0.1, -0.05) is 30.3 Å². The fraction of sp³-hybridized carbons (Fsp3) is 0.556. The van der Waals surface area contributed by atoms with Crippen molar-refractivity contribution in [1.82, 2.24) is 20.0 Å². The lowest BCUT2D eigenvalue weighted by atomic mass is 9.93. The van der Waals surface area contributed by atoms with E-state index < -0.39 is 6.04 Å². The Morgan fingerprint density at radius 2 is 1.97 bits per heavy atom. The molecule has 1 aromatic carbocycles. The van der Waals surface area contributed by atoms with Gasteiger partial charge in [0.2, 0.25) is 5.91 Å². The third-order valence-electron chi connectivity index (χ3n) is 7.27. The minimum atomic E-state index is -0.507. The Labute approximate surface area is 218 Å². The monoisotopic (exact) mass is 513 g/mol. The Kier molecular flexibility index (Phi) is 9.89. The van der Waals surface area contributed by atoms with Crippen LogP contribution >= 0.6 is 11.3 Å². The Balaban J connectivity index is 1.52. The molecule has 2 amide bonds. The summed E-state index contributed by atoms with van der Waals surface area (Å²) in [6, 6.07) is 11.9. The summed E-state index contributed by atoms with van der Waals surface area (Å²) in [6.45, 7) is 9.68. The minimum absolute atomic E-state index is 0.0601. The first kappa shape index (κ1) is 26.8. The van der Waals surface area contributed by atoms with Crippen molar-refractivity contribution >= 4 is 23.2 Å². The van der Waals surface area contributed by atoms with Gasteiger partial charge in [-0.05, 0) is 42.3 Å². The lowest BCUT2D eigenvalue weighted by Gasteiger charge is -2.43. The topological polar surface area (TPSA) is 91.1 Å². The number of ether oxygens (including phenoxy) is 1. The molecule has 0 saturated carbocycles. The first-order chi connectivity index (χ1) is 17.6. The SMILES string of the molecule is Cc1ccccc1CN(CCN1CCOCC1)C1CCN(C(=O)c2cccs2)[C@@H](C(=O)NCCN)C1. The third kappa shape index (κ3) is 6.92. The van der Waals surface area contributed by atoms with Crippen molar-refractivity contribution in [3.63, 3.8) is 0 Å². The molecule has 1 unspecified atom stereocenters. The lowest BCUT2D eigenvalue weighted by Crippen LogP contribution is -2.58. The average molecular weight is 514 g/mol. The van der Waals surface area contributed by atoms with Gasteiger partial charge in [0.05, 0.1) is 18.1 Å². The van der Waals surface area contributed by atoms with Gasteiger partial charge in [0.1, 0.15) is 6.04 Å². The first-order valence-corrected chi connectivity index (χ1v) is 13.9. The van der Waals surface area contributed by atoms with Gasteiger partial charge in [-0.25, -0.2) is 0 Å². The lowest BCUT2D eigenvalue weighted by molar-refractivity contribution is -0.127. The van der Waals surface area contributed by atoms with Crippen LogP contribution in [0.1, 0.15) is 33.6 Å². The van der Waals surface area contributed by atoms with E-state index in [2.05, 4.69) is 46.3 Å². The maximum atomic E-state index is 13.3. The van der Waals surface area contributed by atoms with E-state index in [1.807, 2.05) is 17.5 Å². The van der Waals surface area contributed by atoms with Crippen LogP contribution in [-0.4, -0.2) is 97.6 Å². The Bertz CT molecular complexity index is 980. The molecule has 2 aromatic rings. The second-order valence-electron chi connectivity index (χ2n) is 9.60. The number of hydrogen-bond donors (Lipinski definition) is 2. The molecule has 2 saturated heterocycles. The molecule has 196 valence electrons. The molecule has 0 spiro atoms. The zero-order chi connectivity index (χ0) is 25.3. The van der Waals surface area contributed by atoms with Crippen molar-refractivity contribution in [2.45, 2.75) is 38.4 Å². The number of amides is 2. The molecule has 1 aromatic heterocycles. The number of nitrogens with one attached hydrogen (secondary N) is 1. The number of thiophene rings is 1. The summed E-state index contributed by atoms with van der Waals surface area (Å²) in [5.74, 6) is -0.172. The number of nitrogens with zero attached hydrogens (tertiary/aromatic N) is 3. The first-order valence-electron chi connectivity index (χ1n) is 13.0. The van der Waals surface area contributed by atoms with Gasteiger partial charge in [-0.2, -0.15) is 0 Å². The number of piperidine rings is 1. The van der Waals surface area contributed by atoms with Gasteiger partial charge < -0.3 is 20.7 Å². The van der Waals surface area contributed by atoms with Crippen LogP contribution in [0.2, 0.25) is 0 Å². The summed E-state index contributed by atoms with van der Waals surface area (Å²) in [4.78, 5) is 33.9. The quantitative estimate of drug-likeness (QED) is 0.505. The Morgan fingerprint density at radius 1 is 1.17 bits per heavy atom. The zero-order valence-corrected chi connectivity index (χ0v) is 22.0. The molecule has 0 aliphatic carbocycles. The van der Waals surface area contributed by atoms with Crippen molar-refractivity contribution in [2.75, 3.05) is 59.0 Å². The molecule has 8 nitrogen and oxygen atoms in total. The van der Waals surface area contributed by atoms with Gasteiger partial charge in [-0.15, -0.1) is 11.3 Å². The Hall–Kier alpha value is -2.30. The molecule has 3 heterocycles. The van der Waals surface area contributed by atoms with Crippen LogP contribution in [0.15, 0.2) is 41.8 Å². The number of hydrogen-bond acceptors (Lipinski definition) is 7.